The van der Waals surface area contributed by atoms with Gasteiger partial charge in [-0.2, -0.15) is 5.10 Å². The molecule has 0 amide bonds. The van der Waals surface area contributed by atoms with Crippen LogP contribution in [0.15, 0.2) is 29.6 Å². The van der Waals surface area contributed by atoms with E-state index in [9.17, 15) is 5.11 Å². The smallest absolute Gasteiger partial charge is 0.160 e. The Morgan fingerprint density at radius 1 is 1.33 bits per heavy atom. The number of aryl methyl sites for hydroxylation is 2. The van der Waals surface area contributed by atoms with E-state index in [0.717, 1.165) is 34.4 Å². The van der Waals surface area contributed by atoms with Crippen molar-refractivity contribution >= 4 is 33.6 Å². The van der Waals surface area contributed by atoms with Gasteiger partial charge in [0.25, 0.3) is 0 Å². The van der Waals surface area contributed by atoms with Crippen molar-refractivity contribution in [1.29, 1.82) is 0 Å². The van der Waals surface area contributed by atoms with Crippen LogP contribution in [0.25, 0.3) is 10.2 Å². The molecule has 0 spiro atoms. The lowest BCUT2D eigenvalue weighted by Gasteiger charge is -2.04. The number of benzene rings is 1. The van der Waals surface area contributed by atoms with Gasteiger partial charge in [0.1, 0.15) is 11.2 Å². The summed E-state index contributed by atoms with van der Waals surface area (Å²) in [5.41, 5.74) is 5.13. The average Bonchev–Trinajstić information content (AvgIpc) is 3.16. The number of phenols is 1. The van der Waals surface area contributed by atoms with E-state index in [1.54, 1.807) is 36.0 Å². The van der Waals surface area contributed by atoms with Gasteiger partial charge in [0, 0.05) is 4.88 Å². The first kappa shape index (κ1) is 14.9. The maximum atomic E-state index is 9.80. The molecule has 0 saturated carbocycles. The highest BCUT2D eigenvalue weighted by Gasteiger charge is 2.20. The first-order valence-corrected chi connectivity index (χ1v) is 8.49. The Balaban J connectivity index is 1.60. The Bertz CT molecular complexity index is 936. The number of hydrogen-bond donors (Lipinski definition) is 2. The number of nitrogens with one attached hydrogen (secondary N) is 1. The highest BCUT2D eigenvalue weighted by Crippen LogP contribution is 2.38. The molecule has 0 atom stereocenters. The Morgan fingerprint density at radius 3 is 3.08 bits per heavy atom. The molecule has 1 aromatic carbocycles. The van der Waals surface area contributed by atoms with Crippen molar-refractivity contribution in [2.75, 3.05) is 12.5 Å². The quantitative estimate of drug-likeness (QED) is 0.562. The Morgan fingerprint density at radius 2 is 2.25 bits per heavy atom. The topological polar surface area (TPSA) is 79.6 Å². The molecule has 0 fully saturated rings. The van der Waals surface area contributed by atoms with Crippen LogP contribution < -0.4 is 10.2 Å². The number of hydrazone groups is 1. The summed E-state index contributed by atoms with van der Waals surface area (Å²) in [5.74, 6) is 1.25. The number of aromatic hydroxyl groups is 1. The van der Waals surface area contributed by atoms with Crippen molar-refractivity contribution in [2.45, 2.75) is 19.3 Å². The highest BCUT2D eigenvalue weighted by atomic mass is 32.1. The van der Waals surface area contributed by atoms with Crippen LogP contribution in [0.5, 0.6) is 11.5 Å². The molecule has 0 saturated heterocycles. The van der Waals surface area contributed by atoms with Crippen LogP contribution in [-0.4, -0.2) is 28.4 Å². The number of thiophene rings is 1. The van der Waals surface area contributed by atoms with E-state index in [2.05, 4.69) is 20.5 Å². The number of phenolic OH excluding ortho intramolecular Hbond substituents is 1. The second-order valence-electron chi connectivity index (χ2n) is 5.56. The zero-order valence-electron chi connectivity index (χ0n) is 13.1. The molecule has 6 nitrogen and oxygen atoms in total. The number of anilines is 1. The summed E-state index contributed by atoms with van der Waals surface area (Å²) < 4.78 is 5.03. The molecule has 0 radical (unpaired) electrons. The molecular formula is C17H16N4O2S. The summed E-state index contributed by atoms with van der Waals surface area (Å²) in [6.45, 7) is 0. The van der Waals surface area contributed by atoms with Gasteiger partial charge < -0.3 is 9.84 Å². The highest BCUT2D eigenvalue weighted by molar-refractivity contribution is 7.19. The zero-order valence-corrected chi connectivity index (χ0v) is 13.9. The molecule has 2 aromatic heterocycles. The summed E-state index contributed by atoms with van der Waals surface area (Å²) in [7, 11) is 1.52. The summed E-state index contributed by atoms with van der Waals surface area (Å²) in [6, 6.07) is 5.12. The fourth-order valence-electron chi connectivity index (χ4n) is 2.97. The van der Waals surface area contributed by atoms with Gasteiger partial charge in [-0.1, -0.05) is 0 Å². The molecule has 1 aliphatic carbocycles. The van der Waals surface area contributed by atoms with Gasteiger partial charge in [-0.3, -0.25) is 5.43 Å². The first-order chi connectivity index (χ1) is 11.8. The molecular weight excluding hydrogens is 324 g/mol. The maximum absolute atomic E-state index is 9.80. The third-order valence-electron chi connectivity index (χ3n) is 4.09. The predicted molar refractivity (Wildman–Crippen MR) is 95.3 cm³/mol. The standard InChI is InChI=1S/C17H16N4O2S/c1-23-13-6-5-10(7-12(13)22)8-20-21-16-15-11-3-2-4-14(11)24-17(15)19-9-18-16/h5-9,22H,2-4H2,1H3,(H,18,19,21)/b20-8-. The van der Waals surface area contributed by atoms with Gasteiger partial charge in [0.2, 0.25) is 0 Å². The fourth-order valence-corrected chi connectivity index (χ4v) is 4.20. The van der Waals surface area contributed by atoms with Crippen LogP contribution in [0.1, 0.15) is 22.4 Å². The van der Waals surface area contributed by atoms with Crippen molar-refractivity contribution in [1.82, 2.24) is 9.97 Å². The number of rotatable bonds is 4. The lowest BCUT2D eigenvalue weighted by atomic mass is 10.2. The third kappa shape index (κ3) is 2.56. The average molecular weight is 340 g/mol. The van der Waals surface area contributed by atoms with E-state index in [4.69, 9.17) is 4.74 Å². The Kier molecular flexibility index (Phi) is 3.78. The van der Waals surface area contributed by atoms with Gasteiger partial charge in [0.05, 0.1) is 18.7 Å². The van der Waals surface area contributed by atoms with Crippen molar-refractivity contribution in [2.24, 2.45) is 5.10 Å². The molecule has 0 aliphatic heterocycles. The number of ether oxygens (including phenoxy) is 1. The third-order valence-corrected chi connectivity index (χ3v) is 5.29. The molecule has 3 aromatic rings. The van der Waals surface area contributed by atoms with Crippen LogP contribution in [0, 0.1) is 0 Å². The van der Waals surface area contributed by atoms with Gasteiger partial charge in [-0.15, -0.1) is 11.3 Å². The lowest BCUT2D eigenvalue weighted by molar-refractivity contribution is 0.373. The fraction of sp³-hybridized carbons (Fsp3) is 0.235. The minimum atomic E-state index is 0.0848. The number of aromatic nitrogens is 2. The summed E-state index contributed by atoms with van der Waals surface area (Å²) in [5, 5.41) is 15.1. The summed E-state index contributed by atoms with van der Waals surface area (Å²) >= 11 is 1.75. The lowest BCUT2D eigenvalue weighted by Crippen LogP contribution is -1.96. The predicted octanol–water partition coefficient (Wildman–Crippen LogP) is 3.34. The van der Waals surface area contributed by atoms with E-state index >= 15 is 0 Å². The maximum Gasteiger partial charge on any atom is 0.160 e. The minimum Gasteiger partial charge on any atom is -0.504 e. The van der Waals surface area contributed by atoms with Gasteiger partial charge in [-0.25, -0.2) is 9.97 Å². The molecule has 7 heteroatoms. The van der Waals surface area contributed by atoms with E-state index in [-0.39, 0.29) is 5.75 Å². The van der Waals surface area contributed by atoms with Gasteiger partial charge in [0.15, 0.2) is 17.3 Å². The van der Waals surface area contributed by atoms with Crippen LogP contribution in [0.4, 0.5) is 5.82 Å². The number of fused-ring (bicyclic) bond motifs is 3. The van der Waals surface area contributed by atoms with Crippen LogP contribution in [0.3, 0.4) is 0 Å². The SMILES string of the molecule is COc1ccc(/C=N\Nc2ncnc3sc4c(c23)CCC4)cc1O. The van der Waals surface area contributed by atoms with Crippen molar-refractivity contribution in [3.63, 3.8) is 0 Å². The summed E-state index contributed by atoms with van der Waals surface area (Å²) in [4.78, 5) is 11.1. The first-order valence-electron chi connectivity index (χ1n) is 7.67. The van der Waals surface area contributed by atoms with Crippen LogP contribution >= 0.6 is 11.3 Å². The van der Waals surface area contributed by atoms with Crippen molar-refractivity contribution in [3.05, 3.63) is 40.5 Å². The molecule has 122 valence electrons. The number of methoxy groups -OCH3 is 1. The second-order valence-corrected chi connectivity index (χ2v) is 6.64. The molecule has 0 bridgehead atoms. The van der Waals surface area contributed by atoms with E-state index in [1.807, 2.05) is 6.07 Å². The monoisotopic (exact) mass is 340 g/mol. The van der Waals surface area contributed by atoms with E-state index < -0.39 is 0 Å². The molecule has 2 N–H and O–H groups in total. The Labute approximate surface area is 142 Å². The zero-order chi connectivity index (χ0) is 16.5. The van der Waals surface area contributed by atoms with Crippen LogP contribution in [0.2, 0.25) is 0 Å². The summed E-state index contributed by atoms with van der Waals surface area (Å²) in [6.07, 6.45) is 6.60. The number of nitrogens with zero attached hydrogens (tertiary/aromatic N) is 3. The minimum absolute atomic E-state index is 0.0848. The van der Waals surface area contributed by atoms with Gasteiger partial charge >= 0.3 is 0 Å². The molecule has 1 aliphatic rings. The molecule has 2 heterocycles. The normalized spacial score (nSPS) is 13.5. The van der Waals surface area contributed by atoms with E-state index in [0.29, 0.717) is 5.75 Å². The number of hydrogen-bond acceptors (Lipinski definition) is 7. The second kappa shape index (κ2) is 6.09. The molecule has 24 heavy (non-hydrogen) atoms. The Hall–Kier alpha value is -2.67. The van der Waals surface area contributed by atoms with Crippen molar-refractivity contribution < 1.29 is 9.84 Å². The van der Waals surface area contributed by atoms with Gasteiger partial charge in [-0.05, 0) is 48.6 Å². The molecule has 0 unspecified atom stereocenters. The largest absolute Gasteiger partial charge is 0.504 e. The van der Waals surface area contributed by atoms with E-state index in [1.165, 1.54) is 24.0 Å². The van der Waals surface area contributed by atoms with Crippen molar-refractivity contribution in [3.8, 4) is 11.5 Å². The van der Waals surface area contributed by atoms with Crippen LogP contribution in [-0.2, 0) is 12.8 Å². The molecule has 4 rings (SSSR count).